The lowest BCUT2D eigenvalue weighted by Crippen LogP contribution is -3.00. The van der Waals surface area contributed by atoms with Crippen LogP contribution in [0, 0.1) is 0 Å². The smallest absolute Gasteiger partial charge is 0.414 e. The Balaban J connectivity index is 0.00000441. The fraction of sp³-hybridized carbons (Fsp3) is 0.588. The molecule has 0 radical (unpaired) electrons. The van der Waals surface area contributed by atoms with Crippen LogP contribution in [0.1, 0.15) is 31.7 Å². The van der Waals surface area contributed by atoms with Crippen molar-refractivity contribution in [3.05, 3.63) is 23.8 Å². The summed E-state index contributed by atoms with van der Waals surface area (Å²) in [5.41, 5.74) is 2.54. The molecule has 0 aliphatic heterocycles. The molecule has 4 nitrogen and oxygen atoms in total. The second kappa shape index (κ2) is 9.35. The van der Waals surface area contributed by atoms with Crippen LogP contribution in [0.5, 0.6) is 5.75 Å². The van der Waals surface area contributed by atoms with Crippen molar-refractivity contribution in [3.8, 4) is 5.75 Å². The summed E-state index contributed by atoms with van der Waals surface area (Å²) < 4.78 is 6.14. The first-order chi connectivity index (χ1) is 9.75. The molecule has 0 N–H and O–H groups in total. The van der Waals surface area contributed by atoms with Gasteiger partial charge in [0.2, 0.25) is 0 Å². The first kappa shape index (κ1) is 21.2. The van der Waals surface area contributed by atoms with E-state index in [-0.39, 0.29) is 30.1 Å². The molecule has 0 saturated carbocycles. The van der Waals surface area contributed by atoms with E-state index in [0.29, 0.717) is 5.75 Å². The van der Waals surface area contributed by atoms with E-state index >= 15 is 0 Å². The molecular formula is C17H29IN2O2. The van der Waals surface area contributed by atoms with Crippen LogP contribution in [0.25, 0.3) is 0 Å². The largest absolute Gasteiger partial charge is 1.00 e. The maximum Gasteiger partial charge on any atom is 0.414 e. The van der Waals surface area contributed by atoms with Crippen molar-refractivity contribution >= 4 is 11.8 Å². The molecule has 0 bridgehead atoms. The number of quaternary nitrogens is 1. The molecule has 22 heavy (non-hydrogen) atoms. The zero-order chi connectivity index (χ0) is 16.0. The lowest BCUT2D eigenvalue weighted by atomic mass is 10.0. The number of rotatable bonds is 6. The summed E-state index contributed by atoms with van der Waals surface area (Å²) in [6.45, 7) is 2.20. The van der Waals surface area contributed by atoms with Crippen molar-refractivity contribution in [1.29, 1.82) is 0 Å². The first-order valence-corrected chi connectivity index (χ1v) is 7.59. The number of carbonyl (C=O) groups excluding carboxylic acids is 1. The zero-order valence-corrected chi connectivity index (χ0v) is 16.8. The van der Waals surface area contributed by atoms with Gasteiger partial charge in [0.1, 0.15) is 11.4 Å². The molecule has 0 atom stereocenters. The molecule has 1 amide bonds. The number of carbonyl (C=O) groups is 1. The second-order valence-electron chi connectivity index (χ2n) is 6.52. The summed E-state index contributed by atoms with van der Waals surface area (Å²) >= 11 is 0. The van der Waals surface area contributed by atoms with Gasteiger partial charge in [-0.1, -0.05) is 19.8 Å². The van der Waals surface area contributed by atoms with Crippen LogP contribution in [-0.4, -0.2) is 46.2 Å². The average Bonchev–Trinajstić information content (AvgIpc) is 2.37. The predicted molar refractivity (Wildman–Crippen MR) is 88.9 cm³/mol. The molecule has 0 unspecified atom stereocenters. The van der Waals surface area contributed by atoms with Gasteiger partial charge in [-0.25, -0.2) is 4.79 Å². The fourth-order valence-electron chi connectivity index (χ4n) is 2.24. The van der Waals surface area contributed by atoms with E-state index in [0.717, 1.165) is 17.3 Å². The monoisotopic (exact) mass is 420 g/mol. The summed E-state index contributed by atoms with van der Waals surface area (Å²) in [5.74, 6) is 0.623. The number of amides is 1. The molecular weight excluding hydrogens is 391 g/mol. The van der Waals surface area contributed by atoms with Crippen LogP contribution in [0.3, 0.4) is 0 Å². The Morgan fingerprint density at radius 2 is 1.82 bits per heavy atom. The predicted octanol–water partition coefficient (Wildman–Crippen LogP) is 0.680. The molecule has 0 aliphatic rings. The summed E-state index contributed by atoms with van der Waals surface area (Å²) in [4.78, 5) is 13.1. The Morgan fingerprint density at radius 3 is 2.32 bits per heavy atom. The van der Waals surface area contributed by atoms with Crippen molar-refractivity contribution in [2.75, 3.05) is 35.2 Å². The number of ether oxygens (including phenoxy) is 1. The van der Waals surface area contributed by atoms with Crippen LogP contribution < -0.4 is 33.2 Å². The Morgan fingerprint density at radius 1 is 1.18 bits per heavy atom. The van der Waals surface area contributed by atoms with Crippen LogP contribution in [0.15, 0.2) is 18.2 Å². The number of nitrogens with zero attached hydrogens (tertiary/aromatic N) is 2. The molecule has 5 heteroatoms. The van der Waals surface area contributed by atoms with Crippen LogP contribution >= 0.6 is 0 Å². The molecule has 0 aromatic heterocycles. The van der Waals surface area contributed by atoms with Gasteiger partial charge in [-0.3, -0.25) is 4.48 Å². The molecule has 1 aromatic rings. The Labute approximate surface area is 152 Å². The highest BCUT2D eigenvalue weighted by atomic mass is 127. The number of unbranched alkanes of at least 4 members (excludes halogenated alkanes) is 2. The molecule has 126 valence electrons. The standard InChI is InChI=1S/C17H29N2O2.HI/c1-7-8-9-10-14-13-15(21-17(20)18(2)3)11-12-16(14)19(4,5)6;/h11-13H,7-10H2,1-6H3;1H/q+1;/p-1. The first-order valence-electron chi connectivity index (χ1n) is 7.59. The minimum atomic E-state index is -0.340. The quantitative estimate of drug-likeness (QED) is 0.385. The minimum Gasteiger partial charge on any atom is -1.00 e. The number of benzene rings is 1. The van der Waals surface area contributed by atoms with E-state index in [1.54, 1.807) is 14.1 Å². The van der Waals surface area contributed by atoms with E-state index in [2.05, 4.69) is 34.1 Å². The third-order valence-electron chi connectivity index (χ3n) is 3.39. The summed E-state index contributed by atoms with van der Waals surface area (Å²) in [6.07, 6.45) is 4.26. The number of halogens is 1. The highest BCUT2D eigenvalue weighted by molar-refractivity contribution is 5.70. The van der Waals surface area contributed by atoms with E-state index in [4.69, 9.17) is 4.74 Å². The van der Waals surface area contributed by atoms with Crippen LogP contribution in [-0.2, 0) is 6.42 Å². The zero-order valence-electron chi connectivity index (χ0n) is 14.6. The third-order valence-corrected chi connectivity index (χ3v) is 3.39. The molecule has 0 saturated heterocycles. The highest BCUT2D eigenvalue weighted by Gasteiger charge is 2.19. The van der Waals surface area contributed by atoms with E-state index in [1.807, 2.05) is 12.1 Å². The van der Waals surface area contributed by atoms with Gasteiger partial charge in [-0.15, -0.1) is 0 Å². The van der Waals surface area contributed by atoms with Gasteiger partial charge in [0.15, 0.2) is 0 Å². The van der Waals surface area contributed by atoms with Gasteiger partial charge >= 0.3 is 6.09 Å². The van der Waals surface area contributed by atoms with Gasteiger partial charge in [-0.05, 0) is 25.0 Å². The number of hydrogen-bond donors (Lipinski definition) is 0. The molecule has 0 aliphatic carbocycles. The minimum absolute atomic E-state index is 0. The van der Waals surface area contributed by atoms with Crippen LogP contribution in [0.4, 0.5) is 10.5 Å². The fourth-order valence-corrected chi connectivity index (χ4v) is 2.24. The van der Waals surface area contributed by atoms with Gasteiger partial charge < -0.3 is 33.6 Å². The van der Waals surface area contributed by atoms with Crippen LogP contribution in [0.2, 0.25) is 0 Å². The summed E-state index contributed by atoms with van der Waals surface area (Å²) in [7, 11) is 9.84. The van der Waals surface area contributed by atoms with Crippen molar-refractivity contribution in [1.82, 2.24) is 9.38 Å². The van der Waals surface area contributed by atoms with Crippen molar-refractivity contribution in [2.45, 2.75) is 32.6 Å². The number of hydrogen-bond acceptors (Lipinski definition) is 2. The molecule has 0 spiro atoms. The maximum absolute atomic E-state index is 11.7. The molecule has 1 aromatic carbocycles. The molecule has 0 heterocycles. The second-order valence-corrected chi connectivity index (χ2v) is 6.52. The molecule has 0 fully saturated rings. The van der Waals surface area contributed by atoms with Gasteiger partial charge in [0.25, 0.3) is 0 Å². The Bertz CT molecular complexity index is 482. The Hall–Kier alpha value is -0.820. The van der Waals surface area contributed by atoms with E-state index in [1.165, 1.54) is 29.0 Å². The summed E-state index contributed by atoms with van der Waals surface area (Å²) in [6, 6.07) is 5.96. The lowest BCUT2D eigenvalue weighted by Gasteiger charge is -2.26. The van der Waals surface area contributed by atoms with Gasteiger partial charge in [-0.2, -0.15) is 0 Å². The van der Waals surface area contributed by atoms with Crippen molar-refractivity contribution in [2.24, 2.45) is 0 Å². The lowest BCUT2D eigenvalue weighted by molar-refractivity contribution is -0.00000994. The summed E-state index contributed by atoms with van der Waals surface area (Å²) in [5, 5.41) is 0. The van der Waals surface area contributed by atoms with E-state index < -0.39 is 0 Å². The SMILES string of the molecule is CCCCCc1cc(OC(=O)N(C)C)ccc1[N+](C)(C)C.[I-]. The normalized spacial score (nSPS) is 10.8. The van der Waals surface area contributed by atoms with Gasteiger partial charge in [0.05, 0.1) is 21.1 Å². The highest BCUT2D eigenvalue weighted by Crippen LogP contribution is 2.29. The topological polar surface area (TPSA) is 29.5 Å². The Kier molecular flexibility index (Phi) is 9.00. The van der Waals surface area contributed by atoms with Gasteiger partial charge in [0, 0.05) is 25.7 Å². The van der Waals surface area contributed by atoms with Crippen molar-refractivity contribution in [3.63, 3.8) is 0 Å². The average molecular weight is 420 g/mol. The van der Waals surface area contributed by atoms with Crippen molar-refractivity contribution < 1.29 is 33.5 Å². The molecule has 1 rings (SSSR count). The maximum atomic E-state index is 11.7. The number of aryl methyl sites for hydroxylation is 1. The van der Waals surface area contributed by atoms with E-state index in [9.17, 15) is 4.79 Å². The third kappa shape index (κ3) is 6.52.